The van der Waals surface area contributed by atoms with Crippen LogP contribution in [0.4, 0.5) is 0 Å². The first kappa shape index (κ1) is 15.0. The topological polar surface area (TPSA) is 55.8 Å². The van der Waals surface area contributed by atoms with Crippen molar-refractivity contribution in [3.05, 3.63) is 29.8 Å². The van der Waals surface area contributed by atoms with E-state index in [2.05, 4.69) is 0 Å². The highest BCUT2D eigenvalue weighted by molar-refractivity contribution is 5.89. The normalized spacial score (nSPS) is 9.84. The minimum atomic E-state index is -0.350. The van der Waals surface area contributed by atoms with Crippen LogP contribution in [0.15, 0.2) is 24.3 Å². The molecule has 0 unspecified atom stereocenters. The van der Waals surface area contributed by atoms with E-state index in [1.807, 2.05) is 0 Å². The molecule has 0 aromatic heterocycles. The summed E-state index contributed by atoms with van der Waals surface area (Å²) in [4.78, 5) is 24.3. The Bertz CT molecular complexity index is 426. The number of carbonyl (C=O) groups excluding carboxylic acids is 2. The SMILES string of the molecule is CCOC(=O)c1ccc(OCCC(=O)N(C)C)cc1. The minimum absolute atomic E-state index is 0.0168. The number of carbonyl (C=O) groups is 2. The number of benzene rings is 1. The highest BCUT2D eigenvalue weighted by Crippen LogP contribution is 2.13. The van der Waals surface area contributed by atoms with Crippen LogP contribution in [-0.4, -0.2) is 44.1 Å². The molecule has 0 saturated heterocycles. The molecule has 0 bridgehead atoms. The second kappa shape index (κ2) is 7.41. The molecule has 104 valence electrons. The highest BCUT2D eigenvalue weighted by atomic mass is 16.5. The maximum atomic E-state index is 11.4. The van der Waals surface area contributed by atoms with Crippen LogP contribution in [0.2, 0.25) is 0 Å². The molecular weight excluding hydrogens is 246 g/mol. The third-order valence-electron chi connectivity index (χ3n) is 2.45. The molecule has 1 aromatic rings. The van der Waals surface area contributed by atoms with Gasteiger partial charge in [0, 0.05) is 14.1 Å². The van der Waals surface area contributed by atoms with E-state index < -0.39 is 0 Å². The molecule has 1 rings (SSSR count). The van der Waals surface area contributed by atoms with Crippen molar-refractivity contribution in [2.45, 2.75) is 13.3 Å². The summed E-state index contributed by atoms with van der Waals surface area (Å²) in [7, 11) is 3.41. The molecule has 0 heterocycles. The summed E-state index contributed by atoms with van der Waals surface area (Å²) in [5.74, 6) is 0.291. The molecule has 19 heavy (non-hydrogen) atoms. The number of hydrogen-bond acceptors (Lipinski definition) is 4. The zero-order valence-corrected chi connectivity index (χ0v) is 11.5. The minimum Gasteiger partial charge on any atom is -0.493 e. The van der Waals surface area contributed by atoms with Crippen LogP contribution in [0.5, 0.6) is 5.75 Å². The van der Waals surface area contributed by atoms with Crippen molar-refractivity contribution in [1.82, 2.24) is 4.90 Å². The van der Waals surface area contributed by atoms with E-state index in [0.717, 1.165) is 0 Å². The van der Waals surface area contributed by atoms with E-state index in [1.54, 1.807) is 45.3 Å². The number of esters is 1. The van der Waals surface area contributed by atoms with Crippen molar-refractivity contribution < 1.29 is 19.1 Å². The molecular formula is C14H19NO4. The van der Waals surface area contributed by atoms with Crippen LogP contribution < -0.4 is 4.74 Å². The van der Waals surface area contributed by atoms with E-state index >= 15 is 0 Å². The van der Waals surface area contributed by atoms with Gasteiger partial charge < -0.3 is 14.4 Å². The van der Waals surface area contributed by atoms with E-state index in [0.29, 0.717) is 30.9 Å². The number of amides is 1. The van der Waals surface area contributed by atoms with Crippen LogP contribution in [0.1, 0.15) is 23.7 Å². The van der Waals surface area contributed by atoms with Crippen LogP contribution >= 0.6 is 0 Å². The van der Waals surface area contributed by atoms with Gasteiger partial charge in [0.25, 0.3) is 0 Å². The molecule has 0 saturated carbocycles. The van der Waals surface area contributed by atoms with Gasteiger partial charge in [0.05, 0.1) is 25.2 Å². The molecule has 0 aliphatic carbocycles. The van der Waals surface area contributed by atoms with Gasteiger partial charge in [0.15, 0.2) is 0 Å². The third kappa shape index (κ3) is 4.99. The van der Waals surface area contributed by atoms with E-state index in [9.17, 15) is 9.59 Å². The molecule has 0 aliphatic rings. The number of hydrogen-bond donors (Lipinski definition) is 0. The largest absolute Gasteiger partial charge is 0.493 e. The van der Waals surface area contributed by atoms with Crippen LogP contribution in [0, 0.1) is 0 Å². The number of rotatable bonds is 6. The molecule has 0 atom stereocenters. The monoisotopic (exact) mass is 265 g/mol. The Morgan fingerprint density at radius 1 is 1.16 bits per heavy atom. The summed E-state index contributed by atoms with van der Waals surface area (Å²) in [6.07, 6.45) is 0.326. The Balaban J connectivity index is 2.44. The van der Waals surface area contributed by atoms with Gasteiger partial charge in [0.2, 0.25) is 5.91 Å². The summed E-state index contributed by atoms with van der Waals surface area (Å²) >= 11 is 0. The summed E-state index contributed by atoms with van der Waals surface area (Å²) < 4.78 is 10.3. The summed E-state index contributed by atoms with van der Waals surface area (Å²) in [6, 6.07) is 6.65. The van der Waals surface area contributed by atoms with Gasteiger partial charge in [-0.05, 0) is 31.2 Å². The quantitative estimate of drug-likeness (QED) is 0.735. The standard InChI is InChI=1S/C14H19NO4/c1-4-18-14(17)11-5-7-12(8-6-11)19-10-9-13(16)15(2)3/h5-8H,4,9-10H2,1-3H3. The summed E-state index contributed by atoms with van der Waals surface area (Å²) in [5, 5.41) is 0. The second-order valence-electron chi connectivity index (χ2n) is 4.13. The van der Waals surface area contributed by atoms with E-state index in [1.165, 1.54) is 4.90 Å². The fourth-order valence-electron chi connectivity index (χ4n) is 1.38. The fraction of sp³-hybridized carbons (Fsp3) is 0.429. The van der Waals surface area contributed by atoms with Crippen molar-refractivity contribution in [2.24, 2.45) is 0 Å². The van der Waals surface area contributed by atoms with E-state index in [4.69, 9.17) is 9.47 Å². The first-order chi connectivity index (χ1) is 9.04. The van der Waals surface area contributed by atoms with Gasteiger partial charge in [-0.2, -0.15) is 0 Å². The van der Waals surface area contributed by atoms with Gasteiger partial charge in [-0.25, -0.2) is 4.79 Å². The van der Waals surface area contributed by atoms with Crippen LogP contribution in [0.3, 0.4) is 0 Å². The molecule has 0 spiro atoms. The molecule has 5 nitrogen and oxygen atoms in total. The molecule has 0 N–H and O–H groups in total. The first-order valence-electron chi connectivity index (χ1n) is 6.14. The zero-order valence-electron chi connectivity index (χ0n) is 11.5. The average molecular weight is 265 g/mol. The van der Waals surface area contributed by atoms with Crippen LogP contribution in [0.25, 0.3) is 0 Å². The van der Waals surface area contributed by atoms with Gasteiger partial charge >= 0.3 is 5.97 Å². The summed E-state index contributed by atoms with van der Waals surface area (Å²) in [5.41, 5.74) is 0.485. The maximum absolute atomic E-state index is 11.4. The third-order valence-corrected chi connectivity index (χ3v) is 2.45. The molecule has 1 amide bonds. The highest BCUT2D eigenvalue weighted by Gasteiger charge is 2.07. The zero-order chi connectivity index (χ0) is 14.3. The van der Waals surface area contributed by atoms with Crippen molar-refractivity contribution in [3.63, 3.8) is 0 Å². The second-order valence-corrected chi connectivity index (χ2v) is 4.13. The van der Waals surface area contributed by atoms with Gasteiger partial charge in [-0.3, -0.25) is 4.79 Å². The lowest BCUT2D eigenvalue weighted by Crippen LogP contribution is -2.23. The fourth-order valence-corrected chi connectivity index (χ4v) is 1.38. The number of ether oxygens (including phenoxy) is 2. The summed E-state index contributed by atoms with van der Waals surface area (Å²) in [6.45, 7) is 2.43. The average Bonchev–Trinajstić information content (AvgIpc) is 2.39. The van der Waals surface area contributed by atoms with Crippen molar-refractivity contribution in [2.75, 3.05) is 27.3 Å². The smallest absolute Gasteiger partial charge is 0.338 e. The predicted octanol–water partition coefficient (Wildman–Crippen LogP) is 1.72. The lowest BCUT2D eigenvalue weighted by molar-refractivity contribution is -0.129. The Labute approximate surface area is 113 Å². The van der Waals surface area contributed by atoms with Gasteiger partial charge in [0.1, 0.15) is 5.75 Å². The number of nitrogens with zero attached hydrogens (tertiary/aromatic N) is 1. The molecule has 5 heteroatoms. The molecule has 0 radical (unpaired) electrons. The molecule has 1 aromatic carbocycles. The predicted molar refractivity (Wildman–Crippen MR) is 71.2 cm³/mol. The van der Waals surface area contributed by atoms with Crippen molar-refractivity contribution in [3.8, 4) is 5.75 Å². The molecule has 0 fully saturated rings. The Kier molecular flexibility index (Phi) is 5.85. The lowest BCUT2D eigenvalue weighted by atomic mass is 10.2. The Morgan fingerprint density at radius 3 is 2.32 bits per heavy atom. The van der Waals surface area contributed by atoms with Gasteiger partial charge in [-0.1, -0.05) is 0 Å². The Hall–Kier alpha value is -2.04. The maximum Gasteiger partial charge on any atom is 0.338 e. The van der Waals surface area contributed by atoms with Crippen molar-refractivity contribution in [1.29, 1.82) is 0 Å². The van der Waals surface area contributed by atoms with Crippen LogP contribution in [-0.2, 0) is 9.53 Å². The molecule has 0 aliphatic heterocycles. The lowest BCUT2D eigenvalue weighted by Gasteiger charge is -2.11. The van der Waals surface area contributed by atoms with E-state index in [-0.39, 0.29) is 11.9 Å². The first-order valence-corrected chi connectivity index (χ1v) is 6.14. The Morgan fingerprint density at radius 2 is 1.79 bits per heavy atom. The van der Waals surface area contributed by atoms with Gasteiger partial charge in [-0.15, -0.1) is 0 Å². The van der Waals surface area contributed by atoms with Crippen molar-refractivity contribution >= 4 is 11.9 Å².